The minimum atomic E-state index is 0.227. The van der Waals surface area contributed by atoms with E-state index in [9.17, 15) is 0 Å². The maximum atomic E-state index is 5.77. The van der Waals surface area contributed by atoms with Crippen LogP contribution in [0, 0.1) is 0 Å². The number of benzene rings is 1. The second kappa shape index (κ2) is 6.54. The molecule has 2 nitrogen and oxygen atoms in total. The second-order valence-corrected chi connectivity index (χ2v) is 4.46. The molecule has 1 aromatic rings. The lowest BCUT2D eigenvalue weighted by Crippen LogP contribution is -2.24. The normalized spacial score (nSPS) is 12.8. The Morgan fingerprint density at radius 2 is 1.88 bits per heavy atom. The van der Waals surface area contributed by atoms with Gasteiger partial charge in [0.2, 0.25) is 0 Å². The molecule has 0 amide bonds. The highest BCUT2D eigenvalue weighted by Crippen LogP contribution is 2.19. The van der Waals surface area contributed by atoms with Crippen LogP contribution in [0.5, 0.6) is 5.75 Å². The molecule has 0 aliphatic carbocycles. The lowest BCUT2D eigenvalue weighted by Gasteiger charge is -2.16. The zero-order valence-corrected chi connectivity index (χ0v) is 10.8. The zero-order chi connectivity index (χ0) is 12.0. The highest BCUT2D eigenvalue weighted by atomic mass is 16.5. The van der Waals surface area contributed by atoms with Gasteiger partial charge >= 0.3 is 0 Å². The van der Waals surface area contributed by atoms with Gasteiger partial charge in [-0.25, -0.2) is 0 Å². The van der Waals surface area contributed by atoms with Gasteiger partial charge in [0, 0.05) is 18.2 Å². The smallest absolute Gasteiger partial charge is 0.124 e. The second-order valence-electron chi connectivity index (χ2n) is 4.46. The molecular formula is C14H23NO. The summed E-state index contributed by atoms with van der Waals surface area (Å²) in [5.41, 5.74) is 1.23. The molecule has 0 heterocycles. The molecular weight excluding hydrogens is 198 g/mol. The summed E-state index contributed by atoms with van der Waals surface area (Å²) < 4.78 is 5.77. The number of ether oxygens (including phenoxy) is 1. The molecule has 0 saturated carbocycles. The van der Waals surface area contributed by atoms with Crippen molar-refractivity contribution in [1.29, 1.82) is 0 Å². The van der Waals surface area contributed by atoms with Gasteiger partial charge in [-0.3, -0.25) is 0 Å². The van der Waals surface area contributed by atoms with E-state index in [1.807, 2.05) is 12.1 Å². The van der Waals surface area contributed by atoms with E-state index in [1.165, 1.54) is 5.56 Å². The Hall–Kier alpha value is -1.02. The van der Waals surface area contributed by atoms with Crippen LogP contribution in [0.4, 0.5) is 0 Å². The van der Waals surface area contributed by atoms with Crippen molar-refractivity contribution in [3.05, 3.63) is 29.8 Å². The van der Waals surface area contributed by atoms with Gasteiger partial charge in [0.25, 0.3) is 0 Å². The number of rotatable bonds is 6. The number of para-hydroxylation sites is 1. The quantitative estimate of drug-likeness (QED) is 0.795. The Balaban J connectivity index is 2.63. The summed E-state index contributed by atoms with van der Waals surface area (Å²) in [5.74, 6) is 0.994. The van der Waals surface area contributed by atoms with Crippen LogP contribution in [0.15, 0.2) is 24.3 Å². The lowest BCUT2D eigenvalue weighted by molar-refractivity contribution is 0.239. The van der Waals surface area contributed by atoms with Gasteiger partial charge in [-0.15, -0.1) is 0 Å². The summed E-state index contributed by atoms with van der Waals surface area (Å²) in [4.78, 5) is 0. The third-order valence-electron chi connectivity index (χ3n) is 2.59. The molecule has 1 atom stereocenters. The molecule has 1 N–H and O–H groups in total. The van der Waals surface area contributed by atoms with Crippen LogP contribution in [0.1, 0.15) is 39.7 Å². The molecule has 1 rings (SSSR count). The van der Waals surface area contributed by atoms with E-state index in [1.54, 1.807) is 0 Å². The molecule has 0 radical (unpaired) electrons. The molecule has 0 aromatic heterocycles. The molecule has 2 heteroatoms. The van der Waals surface area contributed by atoms with E-state index in [2.05, 4.69) is 45.1 Å². The maximum Gasteiger partial charge on any atom is 0.124 e. The van der Waals surface area contributed by atoms with E-state index in [4.69, 9.17) is 4.74 Å². The summed E-state index contributed by atoms with van der Waals surface area (Å²) in [6.45, 7) is 9.37. The Morgan fingerprint density at radius 1 is 1.19 bits per heavy atom. The van der Waals surface area contributed by atoms with Crippen molar-refractivity contribution in [3.63, 3.8) is 0 Å². The predicted octanol–water partition coefficient (Wildman–Crippen LogP) is 3.36. The van der Waals surface area contributed by atoms with Gasteiger partial charge in [0.15, 0.2) is 0 Å². The van der Waals surface area contributed by atoms with Crippen molar-refractivity contribution in [2.24, 2.45) is 0 Å². The molecule has 16 heavy (non-hydrogen) atoms. The van der Waals surface area contributed by atoms with Crippen LogP contribution in [0.2, 0.25) is 0 Å². The van der Waals surface area contributed by atoms with Crippen molar-refractivity contribution >= 4 is 0 Å². The maximum absolute atomic E-state index is 5.77. The van der Waals surface area contributed by atoms with Crippen molar-refractivity contribution in [2.75, 3.05) is 0 Å². The van der Waals surface area contributed by atoms with Crippen LogP contribution in [0.3, 0.4) is 0 Å². The first-order valence-electron chi connectivity index (χ1n) is 6.11. The summed E-state index contributed by atoms with van der Waals surface area (Å²) in [7, 11) is 0. The number of hydrogen-bond donors (Lipinski definition) is 1. The SMILES string of the molecule is CC[C@H](C)NCc1ccccc1OC(C)C. The molecule has 0 spiro atoms. The van der Waals surface area contributed by atoms with Crippen LogP contribution in [-0.2, 0) is 6.54 Å². The minimum absolute atomic E-state index is 0.227. The fourth-order valence-electron chi connectivity index (χ4n) is 1.45. The van der Waals surface area contributed by atoms with Crippen molar-refractivity contribution in [1.82, 2.24) is 5.32 Å². The van der Waals surface area contributed by atoms with E-state index in [0.717, 1.165) is 18.7 Å². The Bertz CT molecular complexity index is 309. The van der Waals surface area contributed by atoms with E-state index in [0.29, 0.717) is 6.04 Å². The van der Waals surface area contributed by atoms with Crippen LogP contribution in [-0.4, -0.2) is 12.1 Å². The lowest BCUT2D eigenvalue weighted by atomic mass is 10.1. The first-order valence-corrected chi connectivity index (χ1v) is 6.11. The third kappa shape index (κ3) is 4.23. The molecule has 0 aliphatic heterocycles. The highest BCUT2D eigenvalue weighted by Gasteiger charge is 2.05. The van der Waals surface area contributed by atoms with Crippen molar-refractivity contribution < 1.29 is 4.74 Å². The monoisotopic (exact) mass is 221 g/mol. The fourth-order valence-corrected chi connectivity index (χ4v) is 1.45. The topological polar surface area (TPSA) is 21.3 Å². The largest absolute Gasteiger partial charge is 0.491 e. The average Bonchev–Trinajstić information content (AvgIpc) is 2.26. The molecule has 0 aliphatic rings. The number of nitrogens with one attached hydrogen (secondary N) is 1. The highest BCUT2D eigenvalue weighted by molar-refractivity contribution is 5.33. The van der Waals surface area contributed by atoms with Crippen LogP contribution in [0.25, 0.3) is 0 Å². The van der Waals surface area contributed by atoms with E-state index >= 15 is 0 Å². The molecule has 0 bridgehead atoms. The molecule has 90 valence electrons. The average molecular weight is 221 g/mol. The molecule has 1 aromatic carbocycles. The Labute approximate surface area is 99.0 Å². The third-order valence-corrected chi connectivity index (χ3v) is 2.59. The van der Waals surface area contributed by atoms with Crippen molar-refractivity contribution in [3.8, 4) is 5.75 Å². The van der Waals surface area contributed by atoms with Crippen LogP contribution < -0.4 is 10.1 Å². The Kier molecular flexibility index (Phi) is 5.33. The first kappa shape index (κ1) is 13.0. The minimum Gasteiger partial charge on any atom is -0.491 e. The number of hydrogen-bond acceptors (Lipinski definition) is 2. The van der Waals surface area contributed by atoms with Gasteiger partial charge in [-0.05, 0) is 33.3 Å². The summed E-state index contributed by atoms with van der Waals surface area (Å²) in [5, 5.41) is 3.48. The zero-order valence-electron chi connectivity index (χ0n) is 10.8. The fraction of sp³-hybridized carbons (Fsp3) is 0.571. The van der Waals surface area contributed by atoms with Gasteiger partial charge in [-0.2, -0.15) is 0 Å². The Morgan fingerprint density at radius 3 is 2.50 bits per heavy atom. The van der Waals surface area contributed by atoms with E-state index < -0.39 is 0 Å². The summed E-state index contributed by atoms with van der Waals surface area (Å²) in [6.07, 6.45) is 1.37. The van der Waals surface area contributed by atoms with Gasteiger partial charge in [0.1, 0.15) is 5.75 Å². The summed E-state index contributed by atoms with van der Waals surface area (Å²) in [6, 6.07) is 8.78. The standard InChI is InChI=1S/C14H23NO/c1-5-12(4)15-10-13-8-6-7-9-14(13)16-11(2)3/h6-9,11-12,15H,5,10H2,1-4H3/t12-/m0/s1. The van der Waals surface area contributed by atoms with Gasteiger partial charge in [0.05, 0.1) is 6.10 Å². The van der Waals surface area contributed by atoms with Crippen molar-refractivity contribution in [2.45, 2.75) is 52.8 Å². The van der Waals surface area contributed by atoms with Gasteiger partial charge in [-0.1, -0.05) is 25.1 Å². The predicted molar refractivity (Wildman–Crippen MR) is 68.8 cm³/mol. The van der Waals surface area contributed by atoms with Crippen LogP contribution >= 0.6 is 0 Å². The summed E-state index contributed by atoms with van der Waals surface area (Å²) >= 11 is 0. The first-order chi connectivity index (χ1) is 7.63. The molecule has 0 fully saturated rings. The molecule has 0 saturated heterocycles. The van der Waals surface area contributed by atoms with Gasteiger partial charge < -0.3 is 10.1 Å². The molecule has 0 unspecified atom stereocenters. The van der Waals surface area contributed by atoms with E-state index in [-0.39, 0.29) is 6.10 Å².